The average molecular weight is 443 g/mol. The van der Waals surface area contributed by atoms with Gasteiger partial charge in [0.2, 0.25) is 0 Å². The van der Waals surface area contributed by atoms with Gasteiger partial charge in [0.15, 0.2) is 17.3 Å². The molecular formula is C22H23ClN4O2S. The van der Waals surface area contributed by atoms with Crippen LogP contribution >= 0.6 is 22.9 Å². The van der Waals surface area contributed by atoms with Gasteiger partial charge in [-0.15, -0.1) is 0 Å². The van der Waals surface area contributed by atoms with Crippen molar-refractivity contribution in [2.45, 2.75) is 32.4 Å². The maximum absolute atomic E-state index is 10.8. The van der Waals surface area contributed by atoms with E-state index in [1.807, 2.05) is 30.3 Å². The summed E-state index contributed by atoms with van der Waals surface area (Å²) in [6.45, 7) is 4.07. The summed E-state index contributed by atoms with van der Waals surface area (Å²) in [6, 6.07) is 14.0. The lowest BCUT2D eigenvalue weighted by Crippen LogP contribution is -2.31. The molecule has 2 heterocycles. The molecule has 3 aromatic rings. The Balaban J connectivity index is 1.44. The van der Waals surface area contributed by atoms with Crippen LogP contribution in [0.4, 0.5) is 5.13 Å². The molecule has 0 fully saturated rings. The normalized spacial score (nSPS) is 15.5. The number of aromatic nitrogens is 1. The smallest absolute Gasteiger partial charge is 0.254 e. The van der Waals surface area contributed by atoms with Gasteiger partial charge in [-0.1, -0.05) is 65.7 Å². The second-order valence-corrected chi connectivity index (χ2v) is 8.59. The Morgan fingerprint density at radius 3 is 2.80 bits per heavy atom. The Morgan fingerprint density at radius 2 is 2.07 bits per heavy atom. The fourth-order valence-electron chi connectivity index (χ4n) is 3.26. The number of amidine groups is 1. The molecule has 0 amide bonds. The van der Waals surface area contributed by atoms with Crippen molar-refractivity contribution in [2.24, 2.45) is 5.16 Å². The molecule has 2 aromatic carbocycles. The highest BCUT2D eigenvalue weighted by Gasteiger charge is 2.19. The molecule has 30 heavy (non-hydrogen) atoms. The minimum atomic E-state index is -0.699. The predicted molar refractivity (Wildman–Crippen MR) is 123 cm³/mol. The van der Waals surface area contributed by atoms with Crippen LogP contribution in [0, 0.1) is 0 Å². The minimum Gasteiger partial charge on any atom is -0.361 e. The van der Waals surface area contributed by atoms with Crippen LogP contribution in [-0.4, -0.2) is 36.4 Å². The first-order valence-electron chi connectivity index (χ1n) is 10.0. The van der Waals surface area contributed by atoms with Gasteiger partial charge in [0.05, 0.1) is 10.2 Å². The highest BCUT2D eigenvalue weighted by atomic mass is 35.5. The molecule has 1 atom stereocenters. The molecular weight excluding hydrogens is 420 g/mol. The third kappa shape index (κ3) is 4.74. The monoisotopic (exact) mass is 442 g/mol. The largest absolute Gasteiger partial charge is 0.361 e. The van der Waals surface area contributed by atoms with E-state index < -0.39 is 6.23 Å². The van der Waals surface area contributed by atoms with E-state index in [9.17, 15) is 4.79 Å². The van der Waals surface area contributed by atoms with E-state index in [1.165, 1.54) is 5.56 Å². The Morgan fingerprint density at radius 1 is 1.23 bits per heavy atom. The number of carbonyl (C=O) groups excluding carboxylic acids is 1. The first kappa shape index (κ1) is 20.6. The molecule has 4 rings (SSSR count). The molecule has 1 aliphatic rings. The van der Waals surface area contributed by atoms with Gasteiger partial charge in [-0.25, -0.2) is 4.98 Å². The van der Waals surface area contributed by atoms with Gasteiger partial charge in [0.25, 0.3) is 6.23 Å². The zero-order valence-corrected chi connectivity index (χ0v) is 18.2. The van der Waals surface area contributed by atoms with Crippen LogP contribution in [0.1, 0.15) is 30.9 Å². The second-order valence-electron chi connectivity index (χ2n) is 7.14. The maximum Gasteiger partial charge on any atom is 0.254 e. The van der Waals surface area contributed by atoms with Gasteiger partial charge in [0.1, 0.15) is 0 Å². The molecule has 8 heteroatoms. The minimum absolute atomic E-state index is 0.580. The molecule has 1 N–H and O–H groups in total. The van der Waals surface area contributed by atoms with E-state index in [4.69, 9.17) is 21.4 Å². The Bertz CT molecular complexity index is 1050. The lowest BCUT2D eigenvalue weighted by Gasteiger charge is -2.21. The zero-order valence-electron chi connectivity index (χ0n) is 16.7. The van der Waals surface area contributed by atoms with Gasteiger partial charge in [-0.2, -0.15) is 0 Å². The summed E-state index contributed by atoms with van der Waals surface area (Å²) < 4.78 is 1.11. The number of rotatable bonds is 9. The fraction of sp³-hybridized carbons (Fsp3) is 0.318. The number of aldehydes is 1. The molecule has 0 bridgehead atoms. The SMILES string of the molecule is CCCCN(CCc1ccc(C2=NOC(C=O)N2)cc1)c1nc2ccc(Cl)cc2s1. The Hall–Kier alpha value is -2.64. The summed E-state index contributed by atoms with van der Waals surface area (Å²) in [4.78, 5) is 22.9. The second kappa shape index (κ2) is 9.45. The molecule has 0 aliphatic carbocycles. The summed E-state index contributed by atoms with van der Waals surface area (Å²) in [5, 5.41) is 8.62. The number of carbonyl (C=O) groups is 1. The van der Waals surface area contributed by atoms with Crippen molar-refractivity contribution in [3.05, 3.63) is 58.6 Å². The third-order valence-corrected chi connectivity index (χ3v) is 6.26. The van der Waals surface area contributed by atoms with E-state index in [2.05, 4.69) is 34.4 Å². The van der Waals surface area contributed by atoms with E-state index in [-0.39, 0.29) is 0 Å². The van der Waals surface area contributed by atoms with Crippen molar-refractivity contribution >= 4 is 50.4 Å². The van der Waals surface area contributed by atoms with E-state index >= 15 is 0 Å². The fourth-order valence-corrected chi connectivity index (χ4v) is 4.55. The highest BCUT2D eigenvalue weighted by molar-refractivity contribution is 7.22. The van der Waals surface area contributed by atoms with Crippen molar-refractivity contribution in [1.29, 1.82) is 0 Å². The van der Waals surface area contributed by atoms with Gasteiger partial charge < -0.3 is 15.1 Å². The van der Waals surface area contributed by atoms with Crippen molar-refractivity contribution in [3.63, 3.8) is 0 Å². The topological polar surface area (TPSA) is 66.8 Å². The van der Waals surface area contributed by atoms with Crippen LogP contribution in [0.3, 0.4) is 0 Å². The number of benzene rings is 2. The molecule has 0 saturated heterocycles. The van der Waals surface area contributed by atoms with Crippen LogP contribution < -0.4 is 10.2 Å². The molecule has 1 aliphatic heterocycles. The van der Waals surface area contributed by atoms with E-state index in [0.29, 0.717) is 12.1 Å². The average Bonchev–Trinajstić information content (AvgIpc) is 3.41. The lowest BCUT2D eigenvalue weighted by atomic mass is 10.1. The number of fused-ring (bicyclic) bond motifs is 1. The van der Waals surface area contributed by atoms with Crippen molar-refractivity contribution < 1.29 is 9.63 Å². The number of hydrogen-bond donors (Lipinski definition) is 1. The Labute approximate surface area is 184 Å². The molecule has 0 saturated carbocycles. The Kier molecular flexibility index (Phi) is 6.50. The number of unbranched alkanes of at least 4 members (excludes halogenated alkanes) is 1. The number of hydrogen-bond acceptors (Lipinski definition) is 7. The van der Waals surface area contributed by atoms with Gasteiger partial charge >= 0.3 is 0 Å². The predicted octanol–water partition coefficient (Wildman–Crippen LogP) is 4.61. The van der Waals surface area contributed by atoms with Crippen LogP contribution in [0.25, 0.3) is 10.2 Å². The molecule has 156 valence electrons. The number of thiazole rings is 1. The lowest BCUT2D eigenvalue weighted by molar-refractivity contribution is -0.117. The maximum atomic E-state index is 10.8. The molecule has 6 nitrogen and oxygen atoms in total. The summed E-state index contributed by atoms with van der Waals surface area (Å²) in [6.07, 6.45) is 3.16. The highest BCUT2D eigenvalue weighted by Crippen LogP contribution is 2.31. The van der Waals surface area contributed by atoms with Crippen LogP contribution in [0.15, 0.2) is 47.6 Å². The number of halogens is 1. The van der Waals surface area contributed by atoms with Crippen LogP contribution in [0.2, 0.25) is 5.02 Å². The number of nitrogens with zero attached hydrogens (tertiary/aromatic N) is 3. The molecule has 0 radical (unpaired) electrons. The molecule has 1 aromatic heterocycles. The number of oxime groups is 1. The summed E-state index contributed by atoms with van der Waals surface area (Å²) in [7, 11) is 0. The third-order valence-electron chi connectivity index (χ3n) is 4.95. The number of anilines is 1. The van der Waals surface area contributed by atoms with E-state index in [1.54, 1.807) is 11.3 Å². The van der Waals surface area contributed by atoms with Crippen molar-refractivity contribution in [3.8, 4) is 0 Å². The molecule has 0 spiro atoms. The van der Waals surface area contributed by atoms with Gasteiger partial charge in [0, 0.05) is 23.7 Å². The quantitative estimate of drug-likeness (QED) is 0.490. The van der Waals surface area contributed by atoms with Crippen molar-refractivity contribution in [1.82, 2.24) is 10.3 Å². The summed E-state index contributed by atoms with van der Waals surface area (Å²) in [5.74, 6) is 0.580. The van der Waals surface area contributed by atoms with Gasteiger partial charge in [-0.05, 0) is 36.6 Å². The number of nitrogens with one attached hydrogen (secondary N) is 1. The van der Waals surface area contributed by atoms with E-state index in [0.717, 1.165) is 58.3 Å². The first-order chi connectivity index (χ1) is 14.7. The molecule has 1 unspecified atom stereocenters. The van der Waals surface area contributed by atoms with Gasteiger partial charge in [-0.3, -0.25) is 4.79 Å². The summed E-state index contributed by atoms with van der Waals surface area (Å²) in [5.41, 5.74) is 3.12. The summed E-state index contributed by atoms with van der Waals surface area (Å²) >= 11 is 7.83. The van der Waals surface area contributed by atoms with Crippen LogP contribution in [-0.2, 0) is 16.1 Å². The van der Waals surface area contributed by atoms with Crippen molar-refractivity contribution in [2.75, 3.05) is 18.0 Å². The zero-order chi connectivity index (χ0) is 20.9. The van der Waals surface area contributed by atoms with Crippen LogP contribution in [0.5, 0.6) is 0 Å². The standard InChI is InChI=1S/C22H23ClN4O2S/c1-2-3-11-27(22-24-18-9-8-17(23)13-19(18)30-22)12-10-15-4-6-16(7-5-15)21-25-20(14-28)29-26-21/h4-9,13-14,20H,2-3,10-12H2,1H3,(H,25,26). The first-order valence-corrected chi connectivity index (χ1v) is 11.2.